The van der Waals surface area contributed by atoms with Crippen molar-refractivity contribution in [1.82, 2.24) is 9.21 Å². The van der Waals surface area contributed by atoms with Crippen LogP contribution in [0.5, 0.6) is 5.75 Å². The Labute approximate surface area is 189 Å². The Morgan fingerprint density at radius 2 is 1.81 bits per heavy atom. The molecule has 7 nitrogen and oxygen atoms in total. The fourth-order valence-electron chi connectivity index (χ4n) is 3.61. The zero-order valence-electron chi connectivity index (χ0n) is 18.0. The van der Waals surface area contributed by atoms with Crippen LogP contribution in [0, 0.1) is 0 Å². The van der Waals surface area contributed by atoms with Gasteiger partial charge in [0.2, 0.25) is 15.9 Å². The third-order valence-electron chi connectivity index (χ3n) is 5.44. The largest absolute Gasteiger partial charge is 0.496 e. The van der Waals surface area contributed by atoms with Crippen LogP contribution in [0.4, 0.5) is 5.69 Å². The van der Waals surface area contributed by atoms with E-state index in [-0.39, 0.29) is 10.8 Å². The van der Waals surface area contributed by atoms with Crippen molar-refractivity contribution in [2.45, 2.75) is 17.7 Å². The number of halogens is 1. The summed E-state index contributed by atoms with van der Waals surface area (Å²) in [6.45, 7) is 2.76. The molecule has 0 aliphatic carbocycles. The number of aryl methyl sites for hydroxylation is 1. The number of methoxy groups -OCH3 is 1. The maximum absolute atomic E-state index is 12.8. The highest BCUT2D eigenvalue weighted by Crippen LogP contribution is 2.26. The predicted octanol–water partition coefficient (Wildman–Crippen LogP) is 2.88. The molecule has 1 fully saturated rings. The molecule has 2 aromatic rings. The van der Waals surface area contributed by atoms with E-state index in [0.717, 1.165) is 18.8 Å². The van der Waals surface area contributed by atoms with E-state index in [1.54, 1.807) is 12.1 Å². The van der Waals surface area contributed by atoms with Gasteiger partial charge in [0.05, 0.1) is 12.0 Å². The van der Waals surface area contributed by atoms with Crippen LogP contribution in [-0.2, 0) is 21.2 Å². The van der Waals surface area contributed by atoms with Crippen LogP contribution in [0.25, 0.3) is 0 Å². The predicted molar refractivity (Wildman–Crippen MR) is 122 cm³/mol. The topological polar surface area (TPSA) is 70.2 Å². The second kappa shape index (κ2) is 9.89. The van der Waals surface area contributed by atoms with Crippen molar-refractivity contribution >= 4 is 33.2 Å². The monoisotopic (exact) mass is 465 g/mol. The van der Waals surface area contributed by atoms with E-state index in [0.29, 0.717) is 42.3 Å². The zero-order chi connectivity index (χ0) is 22.6. The zero-order valence-corrected chi connectivity index (χ0v) is 19.6. The average Bonchev–Trinajstić information content (AvgIpc) is 2.77. The highest BCUT2D eigenvalue weighted by molar-refractivity contribution is 7.89. The molecular formula is C22H28ClN3O4S. The minimum atomic E-state index is -3.55. The third kappa shape index (κ3) is 5.50. The van der Waals surface area contributed by atoms with Crippen LogP contribution < -0.4 is 9.64 Å². The fourth-order valence-corrected chi connectivity index (χ4v) is 4.75. The van der Waals surface area contributed by atoms with Crippen LogP contribution in [0.3, 0.4) is 0 Å². The van der Waals surface area contributed by atoms with Gasteiger partial charge < -0.3 is 14.5 Å². The lowest BCUT2D eigenvalue weighted by molar-refractivity contribution is -0.131. The maximum atomic E-state index is 12.8. The molecule has 2 aromatic carbocycles. The van der Waals surface area contributed by atoms with Crippen LogP contribution in [0.15, 0.2) is 47.4 Å². The van der Waals surface area contributed by atoms with Gasteiger partial charge in [0.1, 0.15) is 5.75 Å². The first-order chi connectivity index (χ1) is 14.7. The molecule has 0 N–H and O–H groups in total. The number of piperazine rings is 1. The third-order valence-corrected chi connectivity index (χ3v) is 7.49. The molecule has 1 aliphatic heterocycles. The molecule has 0 aromatic heterocycles. The molecule has 0 atom stereocenters. The smallest absolute Gasteiger partial charge is 0.242 e. The Kier molecular flexibility index (Phi) is 7.46. The lowest BCUT2D eigenvalue weighted by Gasteiger charge is -2.36. The number of sulfonamides is 1. The van der Waals surface area contributed by atoms with Gasteiger partial charge in [0, 0.05) is 57.4 Å². The van der Waals surface area contributed by atoms with Crippen molar-refractivity contribution in [2.24, 2.45) is 0 Å². The first kappa shape index (κ1) is 23.4. The summed E-state index contributed by atoms with van der Waals surface area (Å²) in [7, 11) is 0.970. The van der Waals surface area contributed by atoms with Gasteiger partial charge in [-0.1, -0.05) is 17.7 Å². The van der Waals surface area contributed by atoms with E-state index in [2.05, 4.69) is 4.90 Å². The molecule has 168 valence electrons. The molecule has 1 aliphatic rings. The molecule has 0 spiro atoms. The number of carbonyl (C=O) groups excluding carboxylic acids is 1. The Bertz CT molecular complexity index is 1030. The summed E-state index contributed by atoms with van der Waals surface area (Å²) >= 11 is 6.08. The minimum Gasteiger partial charge on any atom is -0.496 e. The summed E-state index contributed by atoms with van der Waals surface area (Å²) in [5, 5.41) is 0.698. The van der Waals surface area contributed by atoms with Crippen molar-refractivity contribution in [1.29, 1.82) is 0 Å². The molecule has 1 amide bonds. The van der Waals surface area contributed by atoms with Gasteiger partial charge in [-0.3, -0.25) is 4.79 Å². The summed E-state index contributed by atoms with van der Waals surface area (Å²) in [5.41, 5.74) is 1.76. The molecular weight excluding hydrogens is 438 g/mol. The van der Waals surface area contributed by atoms with Crippen LogP contribution in [0.1, 0.15) is 12.0 Å². The Hall–Kier alpha value is -2.29. The van der Waals surface area contributed by atoms with Crippen molar-refractivity contribution < 1.29 is 17.9 Å². The van der Waals surface area contributed by atoms with E-state index < -0.39 is 10.0 Å². The summed E-state index contributed by atoms with van der Waals surface area (Å²) < 4.78 is 31.4. The van der Waals surface area contributed by atoms with Crippen LogP contribution in [0.2, 0.25) is 5.02 Å². The summed E-state index contributed by atoms with van der Waals surface area (Å²) in [6, 6.07) is 12.5. The molecule has 0 bridgehead atoms. The van der Waals surface area contributed by atoms with Gasteiger partial charge in [-0.2, -0.15) is 0 Å². The lowest BCUT2D eigenvalue weighted by atomic mass is 10.1. The quantitative estimate of drug-likeness (QED) is 0.628. The number of ether oxygens (including phenoxy) is 1. The summed E-state index contributed by atoms with van der Waals surface area (Å²) in [5.74, 6) is 0.630. The second-order valence-corrected chi connectivity index (χ2v) is 10.2. The number of hydrogen-bond donors (Lipinski definition) is 0. The van der Waals surface area contributed by atoms with Gasteiger partial charge in [0.25, 0.3) is 0 Å². The van der Waals surface area contributed by atoms with Gasteiger partial charge in [-0.25, -0.2) is 12.7 Å². The van der Waals surface area contributed by atoms with Gasteiger partial charge in [-0.15, -0.1) is 0 Å². The first-order valence-corrected chi connectivity index (χ1v) is 11.9. The van der Waals surface area contributed by atoms with Crippen molar-refractivity contribution in [3.8, 4) is 5.75 Å². The maximum Gasteiger partial charge on any atom is 0.242 e. The molecule has 9 heteroatoms. The number of rotatable bonds is 7. The standard InChI is InChI=1S/C22H28ClN3O4S/c1-24(2)31(28,29)20-8-9-21(30-3)17(15-20)7-10-22(27)26-13-11-25(12-14-26)19-6-4-5-18(23)16-19/h4-6,8-9,15-16H,7,10-14H2,1-3H3. The number of nitrogens with zero attached hydrogens (tertiary/aromatic N) is 3. The number of anilines is 1. The number of benzene rings is 2. The molecule has 3 rings (SSSR count). The number of hydrogen-bond acceptors (Lipinski definition) is 5. The molecule has 1 heterocycles. The Balaban J connectivity index is 1.62. The fraction of sp³-hybridized carbons (Fsp3) is 0.409. The Morgan fingerprint density at radius 3 is 2.42 bits per heavy atom. The lowest BCUT2D eigenvalue weighted by Crippen LogP contribution is -2.48. The van der Waals surface area contributed by atoms with E-state index in [1.165, 1.54) is 31.6 Å². The number of amides is 1. The van der Waals surface area contributed by atoms with Crippen molar-refractivity contribution in [3.63, 3.8) is 0 Å². The highest BCUT2D eigenvalue weighted by Gasteiger charge is 2.23. The van der Waals surface area contributed by atoms with E-state index in [4.69, 9.17) is 16.3 Å². The summed E-state index contributed by atoms with van der Waals surface area (Å²) in [6.07, 6.45) is 0.701. The Morgan fingerprint density at radius 1 is 1.10 bits per heavy atom. The molecule has 31 heavy (non-hydrogen) atoms. The molecule has 0 saturated carbocycles. The normalized spacial score (nSPS) is 14.7. The number of carbonyl (C=O) groups is 1. The molecule has 0 unspecified atom stereocenters. The highest BCUT2D eigenvalue weighted by atomic mass is 35.5. The minimum absolute atomic E-state index is 0.0497. The van der Waals surface area contributed by atoms with Crippen LogP contribution >= 0.6 is 11.6 Å². The van der Waals surface area contributed by atoms with Gasteiger partial charge in [0.15, 0.2) is 0 Å². The van der Waals surface area contributed by atoms with Crippen molar-refractivity contribution in [3.05, 3.63) is 53.1 Å². The van der Waals surface area contributed by atoms with E-state index >= 15 is 0 Å². The van der Waals surface area contributed by atoms with Crippen LogP contribution in [-0.4, -0.2) is 70.9 Å². The summed E-state index contributed by atoms with van der Waals surface area (Å²) in [4.78, 5) is 17.0. The average molecular weight is 466 g/mol. The van der Waals surface area contributed by atoms with Crippen molar-refractivity contribution in [2.75, 3.05) is 52.3 Å². The molecule has 0 radical (unpaired) electrons. The van der Waals surface area contributed by atoms with Gasteiger partial charge >= 0.3 is 0 Å². The SMILES string of the molecule is COc1ccc(S(=O)(=O)N(C)C)cc1CCC(=O)N1CCN(c2cccc(Cl)c2)CC1. The van der Waals surface area contributed by atoms with E-state index in [9.17, 15) is 13.2 Å². The molecule has 1 saturated heterocycles. The van der Waals surface area contributed by atoms with E-state index in [1.807, 2.05) is 29.2 Å². The van der Waals surface area contributed by atoms with Gasteiger partial charge in [-0.05, 0) is 48.4 Å². The second-order valence-electron chi connectivity index (χ2n) is 7.61. The first-order valence-electron chi connectivity index (χ1n) is 10.1.